The number of Topliss-reactive ketones (excluding diaryl/α,β-unsaturated/α-hetero) is 1. The minimum atomic E-state index is 0.411. The Kier molecular flexibility index (Phi) is 3.02. The van der Waals surface area contributed by atoms with Gasteiger partial charge in [-0.25, -0.2) is 0 Å². The van der Waals surface area contributed by atoms with Crippen molar-refractivity contribution in [2.75, 3.05) is 0 Å². The molecular formula is C15H25NO. The fourth-order valence-corrected chi connectivity index (χ4v) is 4.63. The summed E-state index contributed by atoms with van der Waals surface area (Å²) in [6.45, 7) is 2.47. The van der Waals surface area contributed by atoms with Crippen LogP contribution in [0.1, 0.15) is 71.1 Å². The van der Waals surface area contributed by atoms with Crippen LogP contribution in [0.15, 0.2) is 0 Å². The van der Waals surface area contributed by atoms with Gasteiger partial charge >= 0.3 is 0 Å². The van der Waals surface area contributed by atoms with Crippen molar-refractivity contribution in [2.24, 2.45) is 0 Å². The van der Waals surface area contributed by atoms with Gasteiger partial charge in [0.1, 0.15) is 5.78 Å². The Morgan fingerprint density at radius 1 is 1.00 bits per heavy atom. The predicted molar refractivity (Wildman–Crippen MR) is 69.0 cm³/mol. The molecule has 96 valence electrons. The number of piperidine rings is 2. The molecule has 0 aromatic rings. The van der Waals surface area contributed by atoms with Crippen molar-refractivity contribution < 1.29 is 4.79 Å². The van der Waals surface area contributed by atoms with Crippen LogP contribution in [0.4, 0.5) is 0 Å². The van der Waals surface area contributed by atoms with Crippen molar-refractivity contribution >= 4 is 5.78 Å². The molecule has 0 radical (unpaired) electrons. The summed E-state index contributed by atoms with van der Waals surface area (Å²) < 4.78 is 0. The molecule has 1 aliphatic carbocycles. The Bertz CT molecular complexity index is 290. The number of hydrogen-bond acceptors (Lipinski definition) is 2. The highest BCUT2D eigenvalue weighted by molar-refractivity contribution is 5.80. The largest absolute Gasteiger partial charge is 0.300 e. The van der Waals surface area contributed by atoms with E-state index in [1.54, 1.807) is 0 Å². The number of ketones is 1. The summed E-state index contributed by atoms with van der Waals surface area (Å²) in [5, 5.41) is 0. The van der Waals surface area contributed by atoms with Crippen LogP contribution in [0.2, 0.25) is 0 Å². The second-order valence-corrected chi connectivity index (χ2v) is 6.65. The highest BCUT2D eigenvalue weighted by atomic mass is 16.1. The first-order chi connectivity index (χ1) is 8.19. The van der Waals surface area contributed by atoms with E-state index in [4.69, 9.17) is 0 Å². The van der Waals surface area contributed by atoms with Crippen molar-refractivity contribution in [3.05, 3.63) is 0 Å². The average molecular weight is 235 g/mol. The van der Waals surface area contributed by atoms with Gasteiger partial charge in [-0.05, 0) is 32.6 Å². The van der Waals surface area contributed by atoms with Crippen LogP contribution >= 0.6 is 0 Å². The summed E-state index contributed by atoms with van der Waals surface area (Å²) >= 11 is 0. The van der Waals surface area contributed by atoms with E-state index < -0.39 is 0 Å². The van der Waals surface area contributed by atoms with Crippen LogP contribution in [0, 0.1) is 0 Å². The third-order valence-corrected chi connectivity index (χ3v) is 5.34. The topological polar surface area (TPSA) is 20.3 Å². The molecule has 3 aliphatic rings. The lowest BCUT2D eigenvalue weighted by Crippen LogP contribution is -2.62. The standard InChI is InChI=1S/C15H25NO/c1-15(8-3-2-4-9-15)16-12-6-5-7-13(16)11-14(17)10-12/h12-13H,2-11H2,1H3. The lowest BCUT2D eigenvalue weighted by molar-refractivity contribution is -0.133. The van der Waals surface area contributed by atoms with Gasteiger partial charge in [-0.15, -0.1) is 0 Å². The SMILES string of the molecule is CC1(N2C3CCCC2CC(=O)C3)CCCCC1. The summed E-state index contributed by atoms with van der Waals surface area (Å²) in [7, 11) is 0. The predicted octanol–water partition coefficient (Wildman–Crippen LogP) is 3.30. The van der Waals surface area contributed by atoms with Crippen LogP contribution in [0.25, 0.3) is 0 Å². The first kappa shape index (κ1) is 11.7. The van der Waals surface area contributed by atoms with E-state index in [0.717, 1.165) is 12.8 Å². The van der Waals surface area contributed by atoms with Gasteiger partial charge < -0.3 is 0 Å². The Labute approximate surface area is 105 Å². The van der Waals surface area contributed by atoms with E-state index in [-0.39, 0.29) is 0 Å². The normalized spacial score (nSPS) is 38.1. The van der Waals surface area contributed by atoms with Gasteiger partial charge in [-0.1, -0.05) is 25.7 Å². The van der Waals surface area contributed by atoms with Crippen molar-refractivity contribution in [2.45, 2.75) is 88.8 Å². The Balaban J connectivity index is 1.83. The minimum absolute atomic E-state index is 0.411. The molecule has 2 saturated heterocycles. The molecule has 2 unspecified atom stereocenters. The molecular weight excluding hydrogens is 210 g/mol. The number of rotatable bonds is 1. The quantitative estimate of drug-likeness (QED) is 0.695. The lowest BCUT2D eigenvalue weighted by Gasteiger charge is -2.56. The molecule has 0 spiro atoms. The first-order valence-electron chi connectivity index (χ1n) is 7.49. The van der Waals surface area contributed by atoms with Crippen molar-refractivity contribution in [3.8, 4) is 0 Å². The third-order valence-electron chi connectivity index (χ3n) is 5.34. The van der Waals surface area contributed by atoms with Gasteiger partial charge in [-0.3, -0.25) is 9.69 Å². The summed E-state index contributed by atoms with van der Waals surface area (Å²) in [5.74, 6) is 0.523. The molecule has 2 nitrogen and oxygen atoms in total. The number of carbonyl (C=O) groups excluding carboxylic acids is 1. The lowest BCUT2D eigenvalue weighted by atomic mass is 9.74. The number of hydrogen-bond donors (Lipinski definition) is 0. The first-order valence-corrected chi connectivity index (χ1v) is 7.49. The Morgan fingerprint density at radius 3 is 2.18 bits per heavy atom. The van der Waals surface area contributed by atoms with Crippen molar-refractivity contribution in [3.63, 3.8) is 0 Å². The molecule has 0 amide bonds. The van der Waals surface area contributed by atoms with E-state index in [2.05, 4.69) is 11.8 Å². The molecule has 2 aliphatic heterocycles. The highest BCUT2D eigenvalue weighted by Crippen LogP contribution is 2.43. The van der Waals surface area contributed by atoms with E-state index in [1.165, 1.54) is 51.4 Å². The molecule has 2 atom stereocenters. The summed E-state index contributed by atoms with van der Waals surface area (Å²) in [6.07, 6.45) is 12.4. The molecule has 2 bridgehead atoms. The van der Waals surface area contributed by atoms with E-state index in [0.29, 0.717) is 23.4 Å². The molecule has 2 heterocycles. The Morgan fingerprint density at radius 2 is 1.59 bits per heavy atom. The van der Waals surface area contributed by atoms with Gasteiger partial charge in [0, 0.05) is 30.5 Å². The highest BCUT2D eigenvalue weighted by Gasteiger charge is 2.46. The average Bonchev–Trinajstić information content (AvgIpc) is 2.28. The molecule has 0 N–H and O–H groups in total. The number of nitrogens with zero attached hydrogens (tertiary/aromatic N) is 1. The summed E-state index contributed by atoms with van der Waals surface area (Å²) in [5.41, 5.74) is 0.411. The maximum absolute atomic E-state index is 11.8. The molecule has 0 aromatic heterocycles. The van der Waals surface area contributed by atoms with Crippen LogP contribution in [0.5, 0.6) is 0 Å². The second-order valence-electron chi connectivity index (χ2n) is 6.65. The van der Waals surface area contributed by atoms with Crippen LogP contribution < -0.4 is 0 Å². The molecule has 2 heteroatoms. The van der Waals surface area contributed by atoms with Gasteiger partial charge in [0.15, 0.2) is 0 Å². The van der Waals surface area contributed by atoms with Gasteiger partial charge in [-0.2, -0.15) is 0 Å². The number of carbonyl (C=O) groups is 1. The van der Waals surface area contributed by atoms with Gasteiger partial charge in [0.05, 0.1) is 0 Å². The third kappa shape index (κ3) is 2.05. The summed E-state index contributed by atoms with van der Waals surface area (Å²) in [4.78, 5) is 14.6. The molecule has 1 saturated carbocycles. The minimum Gasteiger partial charge on any atom is -0.300 e. The van der Waals surface area contributed by atoms with Gasteiger partial charge in [0.25, 0.3) is 0 Å². The van der Waals surface area contributed by atoms with Crippen LogP contribution in [0.3, 0.4) is 0 Å². The van der Waals surface area contributed by atoms with E-state index >= 15 is 0 Å². The maximum Gasteiger partial charge on any atom is 0.136 e. The fraction of sp³-hybridized carbons (Fsp3) is 0.933. The smallest absolute Gasteiger partial charge is 0.136 e. The van der Waals surface area contributed by atoms with Crippen molar-refractivity contribution in [1.82, 2.24) is 4.90 Å². The van der Waals surface area contributed by atoms with Crippen LogP contribution in [-0.4, -0.2) is 28.3 Å². The van der Waals surface area contributed by atoms with Crippen LogP contribution in [-0.2, 0) is 4.79 Å². The Hall–Kier alpha value is -0.370. The second kappa shape index (κ2) is 4.38. The molecule has 17 heavy (non-hydrogen) atoms. The van der Waals surface area contributed by atoms with Gasteiger partial charge in [0.2, 0.25) is 0 Å². The molecule has 3 rings (SSSR count). The fourth-order valence-electron chi connectivity index (χ4n) is 4.63. The summed E-state index contributed by atoms with van der Waals surface area (Å²) in [6, 6.07) is 1.16. The van der Waals surface area contributed by atoms with Crippen molar-refractivity contribution in [1.29, 1.82) is 0 Å². The molecule has 0 aromatic carbocycles. The zero-order valence-electron chi connectivity index (χ0n) is 11.1. The maximum atomic E-state index is 11.8. The monoisotopic (exact) mass is 235 g/mol. The molecule has 3 fully saturated rings. The zero-order valence-corrected chi connectivity index (χ0v) is 11.1. The number of fused-ring (bicyclic) bond motifs is 2. The van der Waals surface area contributed by atoms with E-state index in [9.17, 15) is 4.79 Å². The zero-order chi connectivity index (χ0) is 11.9. The van der Waals surface area contributed by atoms with E-state index in [1.807, 2.05) is 0 Å².